The molecule has 26 heavy (non-hydrogen) atoms. The fourth-order valence-electron chi connectivity index (χ4n) is 3.29. The van der Waals surface area contributed by atoms with Crippen LogP contribution in [0.25, 0.3) is 0 Å². The monoisotopic (exact) mass is 349 g/mol. The number of ether oxygens (including phenoxy) is 1. The summed E-state index contributed by atoms with van der Waals surface area (Å²) in [6.45, 7) is 2.29. The van der Waals surface area contributed by atoms with E-state index in [1.807, 2.05) is 31.2 Å². The second-order valence-corrected chi connectivity index (χ2v) is 6.42. The number of hydrogen-bond donors (Lipinski definition) is 0. The second kappa shape index (κ2) is 11.1. The highest BCUT2D eigenvalue weighted by Crippen LogP contribution is 2.32. The van der Waals surface area contributed by atoms with Gasteiger partial charge in [0, 0.05) is 12.3 Å². The summed E-state index contributed by atoms with van der Waals surface area (Å²) in [5, 5.41) is 9.46. The first-order valence-corrected chi connectivity index (χ1v) is 9.45. The van der Waals surface area contributed by atoms with Gasteiger partial charge in [-0.1, -0.05) is 67.8 Å². The molecule has 136 valence electrons. The molecule has 3 heteroatoms. The van der Waals surface area contributed by atoms with E-state index in [9.17, 15) is 10.1 Å². The summed E-state index contributed by atoms with van der Waals surface area (Å²) in [5.74, 6) is 0.134. The smallest absolute Gasteiger partial charge is 0.305 e. The number of esters is 1. The average Bonchev–Trinajstić information content (AvgIpc) is 2.68. The minimum atomic E-state index is -0.0994. The van der Waals surface area contributed by atoms with Crippen LogP contribution >= 0.6 is 0 Å². The molecule has 0 fully saturated rings. The maximum Gasteiger partial charge on any atom is 0.305 e. The number of benzene rings is 2. The molecule has 0 aliphatic carbocycles. The van der Waals surface area contributed by atoms with E-state index < -0.39 is 0 Å². The number of nitrogens with zero attached hydrogens (tertiary/aromatic N) is 1. The lowest BCUT2D eigenvalue weighted by molar-refractivity contribution is -0.143. The molecule has 2 rings (SSSR count). The predicted molar refractivity (Wildman–Crippen MR) is 104 cm³/mol. The lowest BCUT2D eigenvalue weighted by Gasteiger charge is -2.19. The van der Waals surface area contributed by atoms with Gasteiger partial charge in [0.25, 0.3) is 0 Å². The summed E-state index contributed by atoms with van der Waals surface area (Å²) >= 11 is 0. The number of carbonyl (C=O) groups is 1. The van der Waals surface area contributed by atoms with Crippen LogP contribution in [0, 0.1) is 11.3 Å². The van der Waals surface area contributed by atoms with Gasteiger partial charge in [-0.05, 0) is 37.0 Å². The predicted octanol–water partition coefficient (Wildman–Crippen LogP) is 5.59. The van der Waals surface area contributed by atoms with Crippen molar-refractivity contribution in [2.45, 2.75) is 51.4 Å². The Hall–Kier alpha value is -2.60. The van der Waals surface area contributed by atoms with Gasteiger partial charge in [-0.3, -0.25) is 4.79 Å². The van der Waals surface area contributed by atoms with Gasteiger partial charge < -0.3 is 4.74 Å². The molecule has 0 aliphatic rings. The highest BCUT2D eigenvalue weighted by molar-refractivity contribution is 5.69. The van der Waals surface area contributed by atoms with Crippen molar-refractivity contribution in [1.29, 1.82) is 5.26 Å². The van der Waals surface area contributed by atoms with Crippen LogP contribution in [-0.2, 0) is 9.53 Å². The Bertz CT molecular complexity index is 718. The van der Waals surface area contributed by atoms with E-state index in [0.29, 0.717) is 13.0 Å². The Balaban J connectivity index is 1.94. The van der Waals surface area contributed by atoms with Gasteiger partial charge in [0.05, 0.1) is 18.2 Å². The normalized spacial score (nSPS) is 11.5. The van der Waals surface area contributed by atoms with Crippen LogP contribution < -0.4 is 0 Å². The number of nitriles is 1. The fraction of sp³-hybridized carbons (Fsp3) is 0.391. The van der Waals surface area contributed by atoms with Crippen molar-refractivity contribution in [3.63, 3.8) is 0 Å². The molecule has 0 bridgehead atoms. The Labute approximate surface area is 156 Å². The zero-order valence-corrected chi connectivity index (χ0v) is 15.5. The first-order chi connectivity index (χ1) is 12.8. The molecule has 0 spiro atoms. The van der Waals surface area contributed by atoms with E-state index in [1.54, 1.807) is 0 Å². The molecule has 0 heterocycles. The Morgan fingerprint density at radius 3 is 2.42 bits per heavy atom. The molecular formula is C23H27NO2. The van der Waals surface area contributed by atoms with Crippen molar-refractivity contribution in [2.24, 2.45) is 0 Å². The molecule has 0 saturated carbocycles. The van der Waals surface area contributed by atoms with Crippen molar-refractivity contribution < 1.29 is 9.53 Å². The third-order valence-corrected chi connectivity index (χ3v) is 4.59. The van der Waals surface area contributed by atoms with E-state index in [4.69, 9.17) is 4.74 Å². The van der Waals surface area contributed by atoms with Gasteiger partial charge in [-0.2, -0.15) is 5.26 Å². The summed E-state index contributed by atoms with van der Waals surface area (Å²) in [6, 6.07) is 20.6. The van der Waals surface area contributed by atoms with Crippen LogP contribution in [0.5, 0.6) is 0 Å². The minimum Gasteiger partial charge on any atom is -0.466 e. The molecule has 2 aromatic rings. The molecule has 0 aliphatic heterocycles. The molecule has 3 nitrogen and oxygen atoms in total. The van der Waals surface area contributed by atoms with E-state index in [0.717, 1.165) is 43.2 Å². The third-order valence-electron chi connectivity index (χ3n) is 4.59. The van der Waals surface area contributed by atoms with Gasteiger partial charge in [0.15, 0.2) is 0 Å². The Morgan fingerprint density at radius 2 is 1.69 bits per heavy atom. The van der Waals surface area contributed by atoms with Crippen LogP contribution in [0.2, 0.25) is 0 Å². The average molecular weight is 349 g/mol. The zero-order chi connectivity index (χ0) is 18.6. The molecule has 1 unspecified atom stereocenters. The van der Waals surface area contributed by atoms with Gasteiger partial charge in [-0.25, -0.2) is 0 Å². The largest absolute Gasteiger partial charge is 0.466 e. The van der Waals surface area contributed by atoms with Crippen LogP contribution in [0.15, 0.2) is 54.6 Å². The van der Waals surface area contributed by atoms with E-state index >= 15 is 0 Å². The molecule has 0 saturated heterocycles. The summed E-state index contributed by atoms with van der Waals surface area (Å²) in [5.41, 5.74) is 3.11. The van der Waals surface area contributed by atoms with Crippen molar-refractivity contribution in [2.75, 3.05) is 6.61 Å². The molecule has 2 aromatic carbocycles. The fourth-order valence-corrected chi connectivity index (χ4v) is 3.29. The molecule has 0 N–H and O–H groups in total. The number of hydrogen-bond acceptors (Lipinski definition) is 3. The molecule has 0 aromatic heterocycles. The topological polar surface area (TPSA) is 50.1 Å². The maximum atomic E-state index is 11.4. The van der Waals surface area contributed by atoms with Gasteiger partial charge in [0.1, 0.15) is 0 Å². The maximum absolute atomic E-state index is 11.4. The first-order valence-electron chi connectivity index (χ1n) is 9.45. The summed E-state index contributed by atoms with van der Waals surface area (Å²) in [4.78, 5) is 11.4. The number of unbranched alkanes of at least 4 members (excludes halogenated alkanes) is 3. The number of rotatable bonds is 10. The molecular weight excluding hydrogens is 322 g/mol. The zero-order valence-electron chi connectivity index (χ0n) is 15.5. The van der Waals surface area contributed by atoms with Crippen LogP contribution in [0.1, 0.15) is 68.1 Å². The quantitative estimate of drug-likeness (QED) is 0.415. The molecule has 1 atom stereocenters. The summed E-state index contributed by atoms with van der Waals surface area (Å²) in [7, 11) is 0. The van der Waals surface area contributed by atoms with Gasteiger partial charge in [-0.15, -0.1) is 0 Å². The van der Waals surface area contributed by atoms with Crippen LogP contribution in [0.4, 0.5) is 0 Å². The van der Waals surface area contributed by atoms with Crippen molar-refractivity contribution in [3.05, 3.63) is 71.3 Å². The van der Waals surface area contributed by atoms with Crippen molar-refractivity contribution in [1.82, 2.24) is 0 Å². The number of carbonyl (C=O) groups excluding carboxylic acids is 1. The standard InChI is InChI=1S/C23H27NO2/c1-2-26-23(25)17-9-4-3-8-15-21(19-12-6-5-7-13-19)22-16-11-10-14-20(22)18-24/h5-7,10-14,16,21H,2-4,8-9,15,17H2,1H3. The van der Waals surface area contributed by atoms with E-state index in [1.165, 1.54) is 5.56 Å². The van der Waals surface area contributed by atoms with Crippen molar-refractivity contribution in [3.8, 4) is 6.07 Å². The van der Waals surface area contributed by atoms with Crippen LogP contribution in [0.3, 0.4) is 0 Å². The molecule has 0 amide bonds. The highest BCUT2D eigenvalue weighted by atomic mass is 16.5. The highest BCUT2D eigenvalue weighted by Gasteiger charge is 2.17. The van der Waals surface area contributed by atoms with E-state index in [-0.39, 0.29) is 11.9 Å². The van der Waals surface area contributed by atoms with E-state index in [2.05, 4.69) is 36.4 Å². The second-order valence-electron chi connectivity index (χ2n) is 6.42. The molecule has 0 radical (unpaired) electrons. The first kappa shape index (κ1) is 19.7. The van der Waals surface area contributed by atoms with Crippen LogP contribution in [-0.4, -0.2) is 12.6 Å². The lowest BCUT2D eigenvalue weighted by atomic mass is 9.84. The minimum absolute atomic E-state index is 0.0994. The van der Waals surface area contributed by atoms with Gasteiger partial charge >= 0.3 is 5.97 Å². The summed E-state index contributed by atoms with van der Waals surface area (Å²) < 4.78 is 4.96. The van der Waals surface area contributed by atoms with Crippen molar-refractivity contribution >= 4 is 5.97 Å². The van der Waals surface area contributed by atoms with Gasteiger partial charge in [0.2, 0.25) is 0 Å². The summed E-state index contributed by atoms with van der Waals surface area (Å²) in [6.07, 6.45) is 5.57. The Morgan fingerprint density at radius 1 is 1.00 bits per heavy atom. The SMILES string of the molecule is CCOC(=O)CCCCCCC(c1ccccc1)c1ccccc1C#N. The Kier molecular flexibility index (Phi) is 8.42. The third kappa shape index (κ3) is 6.04. The lowest BCUT2D eigenvalue weighted by Crippen LogP contribution is -2.04.